The van der Waals surface area contributed by atoms with Gasteiger partial charge in [-0.3, -0.25) is 14.5 Å². The van der Waals surface area contributed by atoms with Gasteiger partial charge in [-0.05, 0) is 37.1 Å². The van der Waals surface area contributed by atoms with Crippen molar-refractivity contribution in [2.75, 3.05) is 58.5 Å². The standard InChI is InChI=1S/C30H42ClN5O8/c31-11-3-1-2-4-14-42-16-17-43-15-13-34-29(40)22-9-7-21(8-10-22)28(39)33-12-5-6-23-19-36(30(41)35-27(23)32)26-18-24(38)25(20-37)44-26/h7-10,23-26,37-38H,1-4,11-20H2,(H,33,39)(H,34,40)(H2,32,35,41)/t23?,24?,25-,26-/m1/s1. The van der Waals surface area contributed by atoms with E-state index in [4.69, 9.17) is 31.5 Å². The van der Waals surface area contributed by atoms with Crippen molar-refractivity contribution < 1.29 is 38.8 Å². The first-order chi connectivity index (χ1) is 21.3. The maximum atomic E-state index is 12.5. The normalized spacial score (nSPS) is 21.4. The predicted octanol–water partition coefficient (Wildman–Crippen LogP) is 0.859. The molecular formula is C30H42ClN5O8. The first-order valence-electron chi connectivity index (χ1n) is 14.8. The number of hydrogen-bond donors (Lipinski definition) is 5. The van der Waals surface area contributed by atoms with Crippen LogP contribution in [0.5, 0.6) is 0 Å². The molecule has 13 nitrogen and oxygen atoms in total. The number of rotatable bonds is 17. The smallest absolute Gasteiger partial charge is 0.347 e. The van der Waals surface area contributed by atoms with Crippen molar-refractivity contribution in [2.24, 2.45) is 16.6 Å². The van der Waals surface area contributed by atoms with Crippen molar-refractivity contribution >= 4 is 35.3 Å². The van der Waals surface area contributed by atoms with Gasteiger partial charge in [0.25, 0.3) is 11.8 Å². The molecule has 44 heavy (non-hydrogen) atoms. The number of amides is 4. The third kappa shape index (κ3) is 11.4. The largest absolute Gasteiger partial charge is 0.394 e. The fourth-order valence-electron chi connectivity index (χ4n) is 4.54. The van der Waals surface area contributed by atoms with Crippen LogP contribution in [0.4, 0.5) is 4.79 Å². The van der Waals surface area contributed by atoms with Crippen molar-refractivity contribution in [2.45, 2.75) is 50.5 Å². The molecule has 1 fully saturated rings. The van der Waals surface area contributed by atoms with Crippen LogP contribution in [0.2, 0.25) is 0 Å². The van der Waals surface area contributed by atoms with E-state index in [1.54, 1.807) is 24.3 Å². The van der Waals surface area contributed by atoms with Gasteiger partial charge in [0.05, 0.1) is 45.0 Å². The van der Waals surface area contributed by atoms with Crippen LogP contribution in [-0.4, -0.2) is 116 Å². The number of nitrogens with zero attached hydrogens (tertiary/aromatic N) is 2. The summed E-state index contributed by atoms with van der Waals surface area (Å²) in [6.07, 6.45) is 1.99. The van der Waals surface area contributed by atoms with E-state index < -0.39 is 30.4 Å². The highest BCUT2D eigenvalue weighted by Crippen LogP contribution is 2.26. The Morgan fingerprint density at radius 3 is 2.36 bits per heavy atom. The number of aliphatic imine (C=N–C) groups is 1. The zero-order chi connectivity index (χ0) is 31.7. The summed E-state index contributed by atoms with van der Waals surface area (Å²) in [7, 11) is 0. The molecule has 0 spiro atoms. The molecule has 1 saturated heterocycles. The van der Waals surface area contributed by atoms with Crippen molar-refractivity contribution in [3.8, 4) is 11.8 Å². The molecule has 14 heteroatoms. The Morgan fingerprint density at radius 2 is 1.70 bits per heavy atom. The summed E-state index contributed by atoms with van der Waals surface area (Å²) in [5, 5.41) is 24.7. The van der Waals surface area contributed by atoms with Gasteiger partial charge in [0.2, 0.25) is 0 Å². The summed E-state index contributed by atoms with van der Waals surface area (Å²) in [6.45, 7) is 2.13. The second-order valence-electron chi connectivity index (χ2n) is 10.3. The van der Waals surface area contributed by atoms with E-state index in [-0.39, 0.29) is 43.8 Å². The average molecular weight is 636 g/mol. The SMILES string of the molecule is NC1=NC(=O)N([C@H]2CC(O)[C@@H](CO)O2)CC1C#CCNC(=O)c1ccc(C(=O)NCCOCCOCCCCCCCl)cc1. The molecule has 3 rings (SSSR count). The zero-order valence-corrected chi connectivity index (χ0v) is 25.5. The Labute approximate surface area is 262 Å². The molecule has 0 bridgehead atoms. The van der Waals surface area contributed by atoms with Crippen molar-refractivity contribution in [3.05, 3.63) is 35.4 Å². The zero-order valence-electron chi connectivity index (χ0n) is 24.7. The quantitative estimate of drug-likeness (QED) is 0.0941. The molecule has 0 radical (unpaired) electrons. The van der Waals surface area contributed by atoms with Crippen LogP contribution in [0.1, 0.15) is 52.8 Å². The highest BCUT2D eigenvalue weighted by molar-refractivity contribution is 6.17. The van der Waals surface area contributed by atoms with Crippen LogP contribution in [0.15, 0.2) is 29.3 Å². The lowest BCUT2D eigenvalue weighted by Gasteiger charge is -2.32. The van der Waals surface area contributed by atoms with Gasteiger partial charge in [0.1, 0.15) is 18.2 Å². The van der Waals surface area contributed by atoms with E-state index in [9.17, 15) is 24.6 Å². The fourth-order valence-corrected chi connectivity index (χ4v) is 4.73. The number of alkyl halides is 1. The monoisotopic (exact) mass is 635 g/mol. The molecule has 6 N–H and O–H groups in total. The van der Waals surface area contributed by atoms with Crippen LogP contribution >= 0.6 is 11.6 Å². The van der Waals surface area contributed by atoms with E-state index in [0.717, 1.165) is 25.7 Å². The van der Waals surface area contributed by atoms with Crippen molar-refractivity contribution in [3.63, 3.8) is 0 Å². The molecule has 0 aromatic heterocycles. The summed E-state index contributed by atoms with van der Waals surface area (Å²) in [5.41, 5.74) is 6.67. The summed E-state index contributed by atoms with van der Waals surface area (Å²) >= 11 is 5.65. The lowest BCUT2D eigenvalue weighted by molar-refractivity contribution is -0.0644. The van der Waals surface area contributed by atoms with Crippen molar-refractivity contribution in [1.82, 2.24) is 15.5 Å². The van der Waals surface area contributed by atoms with Gasteiger partial charge in [-0.25, -0.2) is 4.79 Å². The first-order valence-corrected chi connectivity index (χ1v) is 15.3. The number of aliphatic hydroxyl groups excluding tert-OH is 2. The van der Waals surface area contributed by atoms with Crippen LogP contribution in [0.25, 0.3) is 0 Å². The molecule has 0 saturated carbocycles. The number of unbranched alkanes of at least 4 members (excludes halogenated alkanes) is 3. The Bertz CT molecular complexity index is 1170. The van der Waals surface area contributed by atoms with E-state index in [0.29, 0.717) is 50.0 Å². The van der Waals surface area contributed by atoms with Gasteiger partial charge in [0, 0.05) is 43.1 Å². The number of carbonyl (C=O) groups is 3. The molecule has 1 aromatic carbocycles. The summed E-state index contributed by atoms with van der Waals surface area (Å²) in [5.74, 6) is 5.25. The van der Waals surface area contributed by atoms with Crippen LogP contribution < -0.4 is 16.4 Å². The number of urea groups is 1. The second-order valence-corrected chi connectivity index (χ2v) is 10.7. The van der Waals surface area contributed by atoms with Gasteiger partial charge in [0.15, 0.2) is 0 Å². The molecule has 4 amide bonds. The van der Waals surface area contributed by atoms with E-state index >= 15 is 0 Å². The van der Waals surface area contributed by atoms with E-state index in [1.807, 2.05) is 0 Å². The minimum Gasteiger partial charge on any atom is -0.394 e. The number of aliphatic hydroxyl groups is 2. The Balaban J connectivity index is 1.33. The highest BCUT2D eigenvalue weighted by atomic mass is 35.5. The molecule has 1 aromatic rings. The topological polar surface area (TPSA) is 185 Å². The van der Waals surface area contributed by atoms with Gasteiger partial charge >= 0.3 is 6.03 Å². The van der Waals surface area contributed by atoms with Crippen LogP contribution in [0, 0.1) is 17.8 Å². The second kappa shape index (κ2) is 19.2. The third-order valence-electron chi connectivity index (χ3n) is 7.04. The molecule has 4 atom stereocenters. The summed E-state index contributed by atoms with van der Waals surface area (Å²) in [6, 6.07) is 5.62. The van der Waals surface area contributed by atoms with E-state index in [1.165, 1.54) is 4.90 Å². The minimum atomic E-state index is -0.897. The molecule has 2 aliphatic heterocycles. The molecule has 2 heterocycles. The minimum absolute atomic E-state index is 0.0175. The predicted molar refractivity (Wildman–Crippen MR) is 163 cm³/mol. The molecular weight excluding hydrogens is 594 g/mol. The first kappa shape index (κ1) is 35.2. The lowest BCUT2D eigenvalue weighted by Crippen LogP contribution is -2.49. The van der Waals surface area contributed by atoms with Gasteiger partial charge in [-0.2, -0.15) is 4.99 Å². The highest BCUT2D eigenvalue weighted by Gasteiger charge is 2.41. The summed E-state index contributed by atoms with van der Waals surface area (Å²) < 4.78 is 16.5. The van der Waals surface area contributed by atoms with Gasteiger partial charge < -0.3 is 40.8 Å². The fraction of sp³-hybridized carbons (Fsp3) is 0.600. The number of nitrogens with one attached hydrogen (secondary N) is 2. The Kier molecular flexibility index (Phi) is 15.4. The third-order valence-corrected chi connectivity index (χ3v) is 7.30. The van der Waals surface area contributed by atoms with Gasteiger partial charge in [-0.15, -0.1) is 11.6 Å². The van der Waals surface area contributed by atoms with Crippen LogP contribution in [0.3, 0.4) is 0 Å². The Hall–Kier alpha value is -3.25. The molecule has 2 aliphatic rings. The molecule has 242 valence electrons. The van der Waals surface area contributed by atoms with E-state index in [2.05, 4.69) is 27.5 Å². The van der Waals surface area contributed by atoms with Crippen LogP contribution in [-0.2, 0) is 14.2 Å². The number of nitrogens with two attached hydrogens (primary N) is 1. The maximum absolute atomic E-state index is 12.5. The van der Waals surface area contributed by atoms with Gasteiger partial charge in [-0.1, -0.05) is 24.7 Å². The maximum Gasteiger partial charge on any atom is 0.347 e. The number of carbonyl (C=O) groups excluding carboxylic acids is 3. The molecule has 2 unspecified atom stereocenters. The Morgan fingerprint density at radius 1 is 1.05 bits per heavy atom. The van der Waals surface area contributed by atoms with Crippen molar-refractivity contribution in [1.29, 1.82) is 0 Å². The number of halogens is 1. The lowest BCUT2D eigenvalue weighted by atomic mass is 10.1. The number of amidine groups is 1. The molecule has 0 aliphatic carbocycles. The summed E-state index contributed by atoms with van der Waals surface area (Å²) in [4.78, 5) is 42.4. The number of ether oxygens (including phenoxy) is 3. The number of hydrogen-bond acceptors (Lipinski definition) is 9. The average Bonchev–Trinajstić information content (AvgIpc) is 3.40. The number of benzene rings is 1.